The van der Waals surface area contributed by atoms with Crippen molar-refractivity contribution in [2.24, 2.45) is 5.92 Å². The van der Waals surface area contributed by atoms with Gasteiger partial charge in [0.05, 0.1) is 13.2 Å². The molecule has 0 saturated carbocycles. The Balaban J connectivity index is 2.08. The van der Waals surface area contributed by atoms with E-state index < -0.39 is 0 Å². The largest absolute Gasteiger partial charge is 0.383 e. The van der Waals surface area contributed by atoms with E-state index >= 15 is 0 Å². The minimum absolute atomic E-state index is 0.331. The van der Waals surface area contributed by atoms with Gasteiger partial charge in [0.15, 0.2) is 0 Å². The van der Waals surface area contributed by atoms with E-state index in [4.69, 9.17) is 9.47 Å². The van der Waals surface area contributed by atoms with Crippen molar-refractivity contribution in [3.63, 3.8) is 0 Å². The smallest absolute Gasteiger partial charge is 0.0646 e. The fraction of sp³-hybridized carbons (Fsp3) is 1.00. The maximum Gasteiger partial charge on any atom is 0.0646 e. The summed E-state index contributed by atoms with van der Waals surface area (Å²) in [6, 6.07) is 0.620. The summed E-state index contributed by atoms with van der Waals surface area (Å²) in [5, 5.41) is 0. The summed E-state index contributed by atoms with van der Waals surface area (Å²) in [6.07, 6.45) is 3.84. The highest BCUT2D eigenvalue weighted by atomic mass is 16.5. The van der Waals surface area contributed by atoms with Crippen molar-refractivity contribution < 1.29 is 9.47 Å². The maximum atomic E-state index is 5.42. The highest BCUT2D eigenvalue weighted by Gasteiger charge is 2.51. The third kappa shape index (κ3) is 1.93. The predicted octanol–water partition coefficient (Wildman–Crippen LogP) is 1.52. The van der Waals surface area contributed by atoms with E-state index in [9.17, 15) is 0 Å². The van der Waals surface area contributed by atoms with Crippen LogP contribution in [-0.4, -0.2) is 50.5 Å². The van der Waals surface area contributed by atoms with Crippen LogP contribution in [-0.2, 0) is 9.47 Å². The number of fused-ring (bicyclic) bond motifs is 1. The lowest BCUT2D eigenvalue weighted by Gasteiger charge is -2.34. The maximum absolute atomic E-state index is 5.42. The number of ether oxygens (including phenoxy) is 2. The van der Waals surface area contributed by atoms with Crippen LogP contribution in [0.1, 0.15) is 26.2 Å². The Hall–Kier alpha value is -0.120. The first kappa shape index (κ1) is 11.4. The number of hydrogen-bond acceptors (Lipinski definition) is 3. The molecule has 3 nitrogen and oxygen atoms in total. The van der Waals surface area contributed by atoms with Crippen molar-refractivity contribution in [2.75, 3.05) is 34.0 Å². The molecule has 0 aromatic rings. The van der Waals surface area contributed by atoms with Gasteiger partial charge in [0.25, 0.3) is 0 Å². The van der Waals surface area contributed by atoms with Gasteiger partial charge in [-0.1, -0.05) is 6.92 Å². The highest BCUT2D eigenvalue weighted by Crippen LogP contribution is 2.44. The molecule has 0 spiro atoms. The molecule has 2 saturated heterocycles. The molecule has 88 valence electrons. The molecule has 0 aromatic heterocycles. The SMILES string of the molecule is COC[C@@H]1CC[C@@]2(COC)CC(C)CN12. The Bertz CT molecular complexity index is 222. The molecule has 0 aromatic carbocycles. The Morgan fingerprint density at radius 3 is 2.80 bits per heavy atom. The van der Waals surface area contributed by atoms with Gasteiger partial charge in [-0.25, -0.2) is 0 Å². The zero-order chi connectivity index (χ0) is 10.9. The van der Waals surface area contributed by atoms with Gasteiger partial charge >= 0.3 is 0 Å². The summed E-state index contributed by atoms with van der Waals surface area (Å²) < 4.78 is 10.7. The number of hydrogen-bond donors (Lipinski definition) is 0. The second-order valence-electron chi connectivity index (χ2n) is 5.27. The average molecular weight is 213 g/mol. The van der Waals surface area contributed by atoms with Gasteiger partial charge < -0.3 is 9.47 Å². The van der Waals surface area contributed by atoms with Crippen LogP contribution in [0.5, 0.6) is 0 Å². The third-order valence-electron chi connectivity index (χ3n) is 4.00. The summed E-state index contributed by atoms with van der Waals surface area (Å²) in [6.45, 7) is 5.33. The topological polar surface area (TPSA) is 21.7 Å². The summed E-state index contributed by atoms with van der Waals surface area (Å²) in [7, 11) is 3.62. The molecule has 2 heterocycles. The van der Waals surface area contributed by atoms with E-state index in [0.29, 0.717) is 11.6 Å². The Kier molecular flexibility index (Phi) is 3.33. The van der Waals surface area contributed by atoms with Gasteiger partial charge in [-0.3, -0.25) is 4.90 Å². The van der Waals surface area contributed by atoms with E-state index in [2.05, 4.69) is 11.8 Å². The van der Waals surface area contributed by atoms with Gasteiger partial charge in [0, 0.05) is 32.3 Å². The lowest BCUT2D eigenvalue weighted by molar-refractivity contribution is 0.0301. The second kappa shape index (κ2) is 4.40. The number of nitrogens with zero attached hydrogens (tertiary/aromatic N) is 1. The summed E-state index contributed by atoms with van der Waals surface area (Å²) in [4.78, 5) is 2.64. The third-order valence-corrected chi connectivity index (χ3v) is 4.00. The first-order chi connectivity index (χ1) is 7.22. The van der Waals surface area contributed by atoms with Crippen molar-refractivity contribution in [1.82, 2.24) is 4.90 Å². The molecule has 2 aliphatic rings. The molecule has 2 rings (SSSR count). The van der Waals surface area contributed by atoms with Crippen molar-refractivity contribution in [1.29, 1.82) is 0 Å². The van der Waals surface area contributed by atoms with Gasteiger partial charge in [0.2, 0.25) is 0 Å². The van der Waals surface area contributed by atoms with Crippen LogP contribution in [0.4, 0.5) is 0 Å². The number of rotatable bonds is 4. The standard InChI is InChI=1S/C12H23NO2/c1-10-6-12(9-15-3)5-4-11(8-14-2)13(12)7-10/h10-11H,4-9H2,1-3H3/t10?,11-,12-/m0/s1. The van der Waals surface area contributed by atoms with Crippen LogP contribution < -0.4 is 0 Å². The molecular formula is C12H23NO2. The molecule has 0 amide bonds. The van der Waals surface area contributed by atoms with Crippen molar-refractivity contribution in [2.45, 2.75) is 37.8 Å². The zero-order valence-electron chi connectivity index (χ0n) is 10.2. The predicted molar refractivity (Wildman–Crippen MR) is 60.0 cm³/mol. The van der Waals surface area contributed by atoms with Crippen molar-refractivity contribution >= 4 is 0 Å². The lowest BCUT2D eigenvalue weighted by Crippen LogP contribution is -2.46. The van der Waals surface area contributed by atoms with Crippen LogP contribution in [0.15, 0.2) is 0 Å². The van der Waals surface area contributed by atoms with Gasteiger partial charge in [-0.05, 0) is 25.2 Å². The Labute approximate surface area is 92.7 Å². The molecule has 3 heteroatoms. The van der Waals surface area contributed by atoms with Crippen LogP contribution in [0.3, 0.4) is 0 Å². The molecule has 0 N–H and O–H groups in total. The highest BCUT2D eigenvalue weighted by molar-refractivity contribution is 5.06. The molecule has 0 radical (unpaired) electrons. The first-order valence-corrected chi connectivity index (χ1v) is 5.96. The fourth-order valence-electron chi connectivity index (χ4n) is 3.58. The summed E-state index contributed by atoms with van der Waals surface area (Å²) in [5.41, 5.74) is 0.331. The average Bonchev–Trinajstić information content (AvgIpc) is 2.64. The summed E-state index contributed by atoms with van der Waals surface area (Å²) in [5.74, 6) is 0.805. The molecule has 2 fully saturated rings. The van der Waals surface area contributed by atoms with Crippen LogP contribution in [0, 0.1) is 5.92 Å². The van der Waals surface area contributed by atoms with Crippen LogP contribution in [0.2, 0.25) is 0 Å². The van der Waals surface area contributed by atoms with Crippen LogP contribution in [0.25, 0.3) is 0 Å². The molecule has 0 bridgehead atoms. The molecule has 0 aliphatic carbocycles. The lowest BCUT2D eigenvalue weighted by atomic mass is 9.91. The molecule has 3 atom stereocenters. The fourth-order valence-corrected chi connectivity index (χ4v) is 3.58. The molecular weight excluding hydrogens is 190 g/mol. The number of methoxy groups -OCH3 is 2. The first-order valence-electron chi connectivity index (χ1n) is 5.96. The van der Waals surface area contributed by atoms with E-state index in [0.717, 1.165) is 19.1 Å². The normalized spacial score (nSPS) is 41.0. The Morgan fingerprint density at radius 1 is 1.33 bits per heavy atom. The Morgan fingerprint density at radius 2 is 2.13 bits per heavy atom. The van der Waals surface area contributed by atoms with E-state index in [1.54, 1.807) is 7.11 Å². The monoisotopic (exact) mass is 213 g/mol. The van der Waals surface area contributed by atoms with E-state index in [1.807, 2.05) is 7.11 Å². The molecule has 15 heavy (non-hydrogen) atoms. The summed E-state index contributed by atoms with van der Waals surface area (Å²) >= 11 is 0. The zero-order valence-corrected chi connectivity index (χ0v) is 10.2. The van der Waals surface area contributed by atoms with E-state index in [1.165, 1.54) is 25.8 Å². The van der Waals surface area contributed by atoms with E-state index in [-0.39, 0.29) is 0 Å². The van der Waals surface area contributed by atoms with Gasteiger partial charge in [-0.15, -0.1) is 0 Å². The van der Waals surface area contributed by atoms with Gasteiger partial charge in [0.1, 0.15) is 0 Å². The minimum atomic E-state index is 0.331. The molecule has 1 unspecified atom stereocenters. The van der Waals surface area contributed by atoms with Crippen molar-refractivity contribution in [3.05, 3.63) is 0 Å². The van der Waals surface area contributed by atoms with Crippen molar-refractivity contribution in [3.8, 4) is 0 Å². The molecule has 2 aliphatic heterocycles. The van der Waals surface area contributed by atoms with Gasteiger partial charge in [-0.2, -0.15) is 0 Å². The minimum Gasteiger partial charge on any atom is -0.383 e. The second-order valence-corrected chi connectivity index (χ2v) is 5.27. The van der Waals surface area contributed by atoms with Crippen LogP contribution >= 0.6 is 0 Å². The quantitative estimate of drug-likeness (QED) is 0.707.